The number of pyridine rings is 1. The second-order valence-corrected chi connectivity index (χ2v) is 10.5. The predicted octanol–water partition coefficient (Wildman–Crippen LogP) is 5.43. The zero-order valence-corrected chi connectivity index (χ0v) is 17.1. The fourth-order valence-electron chi connectivity index (χ4n) is 3.86. The van der Waals surface area contributed by atoms with Crippen LogP contribution in [0.15, 0.2) is 80.5 Å². The Morgan fingerprint density at radius 2 is 1.79 bits per heavy atom. The second-order valence-electron chi connectivity index (χ2n) is 7.54. The number of aryl methyl sites for hydroxylation is 2. The SMILES string of the molecule is O=S(=O)(c1ccc2c(c1)CCC2)c1ccc(C2CC2)cc1Sc1ccccn1. The topological polar surface area (TPSA) is 47.0 Å². The van der Waals surface area contributed by atoms with Crippen molar-refractivity contribution in [2.24, 2.45) is 0 Å². The molecule has 142 valence electrons. The van der Waals surface area contributed by atoms with Gasteiger partial charge in [-0.1, -0.05) is 30.0 Å². The molecular weight excluding hydrogens is 386 g/mol. The zero-order chi connectivity index (χ0) is 19.1. The van der Waals surface area contributed by atoms with E-state index in [0.29, 0.717) is 15.7 Å². The van der Waals surface area contributed by atoms with Crippen LogP contribution in [0.4, 0.5) is 0 Å². The number of hydrogen-bond donors (Lipinski definition) is 0. The predicted molar refractivity (Wildman–Crippen MR) is 111 cm³/mol. The summed E-state index contributed by atoms with van der Waals surface area (Å²) in [6, 6.07) is 17.2. The molecule has 0 unspecified atom stereocenters. The van der Waals surface area contributed by atoms with Crippen molar-refractivity contribution in [2.75, 3.05) is 0 Å². The fourth-order valence-corrected chi connectivity index (χ4v) is 6.53. The van der Waals surface area contributed by atoms with Crippen molar-refractivity contribution in [2.45, 2.75) is 57.7 Å². The quantitative estimate of drug-likeness (QED) is 0.566. The fraction of sp³-hybridized carbons (Fsp3) is 0.261. The van der Waals surface area contributed by atoms with Crippen molar-refractivity contribution < 1.29 is 8.42 Å². The minimum atomic E-state index is -3.58. The Morgan fingerprint density at radius 1 is 0.929 bits per heavy atom. The summed E-state index contributed by atoms with van der Waals surface area (Å²) in [5.41, 5.74) is 3.69. The van der Waals surface area contributed by atoms with Gasteiger partial charge in [-0.05, 0) is 91.1 Å². The smallest absolute Gasteiger partial charge is 0.207 e. The summed E-state index contributed by atoms with van der Waals surface area (Å²) in [5.74, 6) is 0.569. The number of aromatic nitrogens is 1. The van der Waals surface area contributed by atoms with Gasteiger partial charge in [0.25, 0.3) is 0 Å². The maximum Gasteiger partial charge on any atom is 0.207 e. The van der Waals surface area contributed by atoms with Crippen molar-refractivity contribution in [3.63, 3.8) is 0 Å². The van der Waals surface area contributed by atoms with Crippen LogP contribution in [0.5, 0.6) is 0 Å². The Balaban J connectivity index is 1.59. The van der Waals surface area contributed by atoms with Crippen molar-refractivity contribution in [1.29, 1.82) is 0 Å². The molecule has 1 saturated carbocycles. The molecule has 0 spiro atoms. The van der Waals surface area contributed by atoms with Gasteiger partial charge in [-0.15, -0.1) is 0 Å². The molecule has 0 bridgehead atoms. The molecule has 2 aromatic carbocycles. The molecule has 0 atom stereocenters. The van der Waals surface area contributed by atoms with E-state index in [2.05, 4.69) is 11.1 Å². The lowest BCUT2D eigenvalue weighted by atomic mass is 10.1. The molecule has 28 heavy (non-hydrogen) atoms. The Hall–Kier alpha value is -2.11. The van der Waals surface area contributed by atoms with Crippen LogP contribution >= 0.6 is 11.8 Å². The van der Waals surface area contributed by atoms with E-state index in [-0.39, 0.29) is 0 Å². The van der Waals surface area contributed by atoms with Gasteiger partial charge in [0, 0.05) is 11.1 Å². The summed E-state index contributed by atoms with van der Waals surface area (Å²) in [5, 5.41) is 0.806. The first-order chi connectivity index (χ1) is 13.6. The Bertz CT molecular complexity index is 1140. The average molecular weight is 408 g/mol. The van der Waals surface area contributed by atoms with Gasteiger partial charge in [-0.2, -0.15) is 0 Å². The van der Waals surface area contributed by atoms with Crippen LogP contribution in [0.3, 0.4) is 0 Å². The molecule has 1 aromatic heterocycles. The van der Waals surface area contributed by atoms with E-state index in [1.165, 1.54) is 41.3 Å². The van der Waals surface area contributed by atoms with Crippen molar-refractivity contribution in [1.82, 2.24) is 4.98 Å². The van der Waals surface area contributed by atoms with Gasteiger partial charge in [0.2, 0.25) is 9.84 Å². The molecule has 3 nitrogen and oxygen atoms in total. The molecule has 0 saturated heterocycles. The zero-order valence-electron chi connectivity index (χ0n) is 15.5. The van der Waals surface area contributed by atoms with Gasteiger partial charge in [0.15, 0.2) is 0 Å². The second kappa shape index (κ2) is 7.05. The molecule has 0 radical (unpaired) electrons. The molecular formula is C23H21NO2S2. The Morgan fingerprint density at radius 3 is 2.57 bits per heavy atom. The van der Waals surface area contributed by atoms with E-state index < -0.39 is 9.84 Å². The lowest BCUT2D eigenvalue weighted by Crippen LogP contribution is -2.05. The molecule has 2 aliphatic rings. The van der Waals surface area contributed by atoms with Crippen LogP contribution in [0, 0.1) is 0 Å². The normalized spacial score (nSPS) is 16.1. The minimum Gasteiger partial charge on any atom is -0.250 e. The highest BCUT2D eigenvalue weighted by atomic mass is 32.2. The Labute approximate surface area is 170 Å². The third kappa shape index (κ3) is 3.38. The first-order valence-corrected chi connectivity index (χ1v) is 12.0. The molecule has 5 rings (SSSR count). The third-order valence-electron chi connectivity index (χ3n) is 5.54. The summed E-state index contributed by atoms with van der Waals surface area (Å²) in [6.45, 7) is 0. The van der Waals surface area contributed by atoms with E-state index in [4.69, 9.17) is 0 Å². The lowest BCUT2D eigenvalue weighted by molar-refractivity contribution is 0.594. The van der Waals surface area contributed by atoms with E-state index in [1.807, 2.05) is 36.4 Å². The first kappa shape index (κ1) is 18.0. The first-order valence-electron chi connectivity index (χ1n) is 9.71. The van der Waals surface area contributed by atoms with Crippen LogP contribution in [0.25, 0.3) is 0 Å². The van der Waals surface area contributed by atoms with E-state index in [1.54, 1.807) is 18.3 Å². The van der Waals surface area contributed by atoms with Crippen LogP contribution in [-0.4, -0.2) is 13.4 Å². The van der Waals surface area contributed by atoms with Crippen molar-refractivity contribution in [3.8, 4) is 0 Å². The lowest BCUT2D eigenvalue weighted by Gasteiger charge is -2.13. The number of rotatable bonds is 5. The van der Waals surface area contributed by atoms with Gasteiger partial charge in [0.1, 0.15) is 5.03 Å². The van der Waals surface area contributed by atoms with Gasteiger partial charge in [-0.3, -0.25) is 0 Å². The number of fused-ring (bicyclic) bond motifs is 1. The third-order valence-corrected chi connectivity index (χ3v) is 8.49. The molecule has 3 aromatic rings. The van der Waals surface area contributed by atoms with Gasteiger partial charge < -0.3 is 0 Å². The van der Waals surface area contributed by atoms with E-state index in [9.17, 15) is 8.42 Å². The number of hydrogen-bond acceptors (Lipinski definition) is 4. The molecule has 0 amide bonds. The van der Waals surface area contributed by atoms with Gasteiger partial charge in [-0.25, -0.2) is 13.4 Å². The minimum absolute atomic E-state index is 0.380. The number of sulfone groups is 1. The maximum absolute atomic E-state index is 13.5. The van der Waals surface area contributed by atoms with Crippen LogP contribution in [-0.2, 0) is 22.7 Å². The largest absolute Gasteiger partial charge is 0.250 e. The molecule has 0 N–H and O–H groups in total. The molecule has 1 heterocycles. The summed E-state index contributed by atoms with van der Waals surface area (Å²) in [4.78, 5) is 5.92. The summed E-state index contributed by atoms with van der Waals surface area (Å²) in [6.07, 6.45) is 7.23. The number of nitrogens with zero attached hydrogens (tertiary/aromatic N) is 1. The van der Waals surface area contributed by atoms with Gasteiger partial charge in [0.05, 0.1) is 9.79 Å². The van der Waals surface area contributed by atoms with E-state index in [0.717, 1.165) is 29.2 Å². The van der Waals surface area contributed by atoms with Crippen LogP contribution in [0.2, 0.25) is 0 Å². The molecule has 5 heteroatoms. The molecule has 1 fully saturated rings. The highest BCUT2D eigenvalue weighted by molar-refractivity contribution is 8.00. The van der Waals surface area contributed by atoms with Crippen molar-refractivity contribution >= 4 is 21.6 Å². The van der Waals surface area contributed by atoms with Crippen molar-refractivity contribution in [3.05, 3.63) is 77.5 Å². The molecule has 2 aliphatic carbocycles. The highest BCUT2D eigenvalue weighted by Gasteiger charge is 2.28. The average Bonchev–Trinajstić information content (AvgIpc) is 3.45. The summed E-state index contributed by atoms with van der Waals surface area (Å²) >= 11 is 1.43. The summed E-state index contributed by atoms with van der Waals surface area (Å²) < 4.78 is 27.0. The summed E-state index contributed by atoms with van der Waals surface area (Å²) in [7, 11) is -3.58. The van der Waals surface area contributed by atoms with E-state index >= 15 is 0 Å². The highest BCUT2D eigenvalue weighted by Crippen LogP contribution is 2.44. The van der Waals surface area contributed by atoms with Gasteiger partial charge >= 0.3 is 0 Å². The Kier molecular flexibility index (Phi) is 4.52. The maximum atomic E-state index is 13.5. The molecule has 0 aliphatic heterocycles. The number of benzene rings is 2. The van der Waals surface area contributed by atoms with Crippen LogP contribution in [0.1, 0.15) is 41.9 Å². The standard InChI is InChI=1S/C23H21NO2S2/c25-28(26,20-11-9-16-4-3-5-18(16)14-20)22-12-10-19(17-7-8-17)15-21(22)27-23-6-1-2-13-24-23/h1-2,6,9-15,17H,3-5,7-8H2. The monoisotopic (exact) mass is 407 g/mol. The van der Waals surface area contributed by atoms with Crippen LogP contribution < -0.4 is 0 Å².